The maximum absolute atomic E-state index is 12.7. The fourth-order valence-electron chi connectivity index (χ4n) is 3.95. The van der Waals surface area contributed by atoms with Gasteiger partial charge in [-0.15, -0.1) is 0 Å². The first-order chi connectivity index (χ1) is 16.1. The van der Waals surface area contributed by atoms with Crippen molar-refractivity contribution in [3.8, 4) is 17.2 Å². The van der Waals surface area contributed by atoms with E-state index in [1.165, 1.54) is 20.1 Å². The fraction of sp³-hybridized carbons (Fsp3) is 0.346. The van der Waals surface area contributed by atoms with Crippen LogP contribution in [0.25, 0.3) is 11.0 Å². The number of esters is 2. The van der Waals surface area contributed by atoms with Crippen LogP contribution in [0.4, 0.5) is 0 Å². The Morgan fingerprint density at radius 1 is 1.09 bits per heavy atom. The van der Waals surface area contributed by atoms with Crippen LogP contribution in [0.15, 0.2) is 51.7 Å². The Balaban J connectivity index is 1.43. The number of methoxy groups -OCH3 is 1. The van der Waals surface area contributed by atoms with Gasteiger partial charge in [-0.05, 0) is 55.7 Å². The number of hydrogen-bond acceptors (Lipinski definition) is 8. The largest absolute Gasteiger partial charge is 0.493 e. The molecule has 2 aromatic carbocycles. The van der Waals surface area contributed by atoms with Crippen LogP contribution in [-0.4, -0.2) is 30.8 Å². The van der Waals surface area contributed by atoms with E-state index in [9.17, 15) is 14.4 Å². The molecule has 0 radical (unpaired) electrons. The van der Waals surface area contributed by atoms with Gasteiger partial charge < -0.3 is 23.4 Å². The quantitative estimate of drug-likeness (QED) is 0.305. The van der Waals surface area contributed by atoms with Crippen molar-refractivity contribution in [1.29, 1.82) is 0 Å². The van der Waals surface area contributed by atoms with Gasteiger partial charge in [-0.25, -0.2) is 4.79 Å². The van der Waals surface area contributed by atoms with Crippen molar-refractivity contribution < 1.29 is 33.0 Å². The number of rotatable bonds is 6. The van der Waals surface area contributed by atoms with Gasteiger partial charge in [0.25, 0.3) is 0 Å². The van der Waals surface area contributed by atoms with Gasteiger partial charge in [-0.3, -0.25) is 9.59 Å². The number of aryl methyl sites for hydroxylation is 1. The lowest BCUT2D eigenvalue weighted by Crippen LogP contribution is -2.48. The summed E-state index contributed by atoms with van der Waals surface area (Å²) in [6.07, 6.45) is 0.595. The Hall–Kier alpha value is -3.81. The monoisotopic (exact) mass is 466 g/mol. The second-order valence-electron chi connectivity index (χ2n) is 8.72. The molecule has 8 nitrogen and oxygen atoms in total. The van der Waals surface area contributed by atoms with Crippen molar-refractivity contribution in [2.24, 2.45) is 0 Å². The van der Waals surface area contributed by atoms with E-state index in [-0.39, 0.29) is 12.4 Å². The fourth-order valence-corrected chi connectivity index (χ4v) is 3.95. The first kappa shape index (κ1) is 23.4. The van der Waals surface area contributed by atoms with Crippen molar-refractivity contribution in [3.63, 3.8) is 0 Å². The Morgan fingerprint density at radius 3 is 2.62 bits per heavy atom. The highest BCUT2D eigenvalue weighted by atomic mass is 16.6. The lowest BCUT2D eigenvalue weighted by atomic mass is 9.90. The number of carbonyl (C=O) groups excluding carboxylic acids is 2. The van der Waals surface area contributed by atoms with E-state index in [0.717, 1.165) is 16.5 Å². The summed E-state index contributed by atoms with van der Waals surface area (Å²) >= 11 is 0. The van der Waals surface area contributed by atoms with Gasteiger partial charge in [0.1, 0.15) is 23.0 Å². The average molecular weight is 466 g/mol. The first-order valence-corrected chi connectivity index (χ1v) is 11.0. The molecule has 3 aromatic rings. The summed E-state index contributed by atoms with van der Waals surface area (Å²) in [6.45, 7) is 5.04. The van der Waals surface area contributed by atoms with Gasteiger partial charge in [0, 0.05) is 37.3 Å². The van der Waals surface area contributed by atoms with Crippen molar-refractivity contribution in [2.45, 2.75) is 51.7 Å². The van der Waals surface area contributed by atoms with E-state index in [1.54, 1.807) is 30.3 Å². The standard InChI is InChI=1S/C26H26O8/c1-15(27)31-19-8-5-16(11-22(19)30-4)6-9-25(29)33-23-13-18-12-17-7-10-24(28)32-20(17)14-21(18)34-26(23,2)3/h5,7-8,10-12,14,23H,6,9,13H2,1-4H3/t23-/m0/s1. The van der Waals surface area contributed by atoms with Gasteiger partial charge in [-0.1, -0.05) is 6.07 Å². The smallest absolute Gasteiger partial charge is 0.336 e. The maximum Gasteiger partial charge on any atom is 0.336 e. The normalized spacial score (nSPS) is 16.3. The Morgan fingerprint density at radius 2 is 1.88 bits per heavy atom. The first-order valence-electron chi connectivity index (χ1n) is 11.0. The van der Waals surface area contributed by atoms with Crippen LogP contribution in [-0.2, 0) is 27.2 Å². The van der Waals surface area contributed by atoms with Crippen LogP contribution in [0.2, 0.25) is 0 Å². The van der Waals surface area contributed by atoms with Crippen LogP contribution in [0.3, 0.4) is 0 Å². The molecule has 2 heterocycles. The Kier molecular flexibility index (Phi) is 6.32. The molecule has 8 heteroatoms. The molecule has 1 atom stereocenters. The van der Waals surface area contributed by atoms with Crippen LogP contribution >= 0.6 is 0 Å². The second-order valence-corrected chi connectivity index (χ2v) is 8.72. The molecule has 0 amide bonds. The molecule has 0 fully saturated rings. The molecule has 0 unspecified atom stereocenters. The molecule has 0 saturated heterocycles. The van der Waals surface area contributed by atoms with Gasteiger partial charge in [0.2, 0.25) is 0 Å². The highest BCUT2D eigenvalue weighted by Crippen LogP contribution is 2.37. The number of carbonyl (C=O) groups is 2. The molecule has 0 saturated carbocycles. The molecule has 4 rings (SSSR count). The molecule has 34 heavy (non-hydrogen) atoms. The van der Waals surface area contributed by atoms with Crippen LogP contribution in [0.5, 0.6) is 17.2 Å². The molecule has 1 aliphatic heterocycles. The summed E-state index contributed by atoms with van der Waals surface area (Å²) in [5.74, 6) is 0.570. The minimum Gasteiger partial charge on any atom is -0.493 e. The van der Waals surface area contributed by atoms with Crippen LogP contribution < -0.4 is 19.8 Å². The Bertz CT molecular complexity index is 1300. The minimum atomic E-state index is -0.764. The van der Waals surface area contributed by atoms with Crippen LogP contribution in [0, 0.1) is 0 Å². The number of hydrogen-bond donors (Lipinski definition) is 0. The van der Waals surface area contributed by atoms with E-state index in [2.05, 4.69) is 0 Å². The lowest BCUT2D eigenvalue weighted by molar-refractivity contribution is -0.161. The molecule has 0 aliphatic carbocycles. The van der Waals surface area contributed by atoms with Crippen molar-refractivity contribution in [1.82, 2.24) is 0 Å². The van der Waals surface area contributed by atoms with E-state index >= 15 is 0 Å². The molecule has 0 spiro atoms. The summed E-state index contributed by atoms with van der Waals surface area (Å²) in [5, 5.41) is 0.776. The molecule has 178 valence electrons. The minimum absolute atomic E-state index is 0.165. The second kappa shape index (κ2) is 9.21. The molecular weight excluding hydrogens is 440 g/mol. The molecule has 0 N–H and O–H groups in total. The third kappa shape index (κ3) is 5.06. The topological polar surface area (TPSA) is 101 Å². The molecule has 1 aliphatic rings. The molecule has 0 bridgehead atoms. The third-order valence-electron chi connectivity index (χ3n) is 5.73. The molecule has 1 aromatic heterocycles. The third-order valence-corrected chi connectivity index (χ3v) is 5.73. The van der Waals surface area contributed by atoms with Crippen molar-refractivity contribution in [3.05, 3.63) is 64.0 Å². The van der Waals surface area contributed by atoms with Gasteiger partial charge >= 0.3 is 17.6 Å². The maximum atomic E-state index is 12.7. The lowest BCUT2D eigenvalue weighted by Gasteiger charge is -2.39. The highest BCUT2D eigenvalue weighted by Gasteiger charge is 2.40. The van der Waals surface area contributed by atoms with Crippen molar-refractivity contribution in [2.75, 3.05) is 7.11 Å². The molecular formula is C26H26O8. The van der Waals surface area contributed by atoms with E-state index < -0.39 is 23.3 Å². The summed E-state index contributed by atoms with van der Waals surface area (Å²) in [7, 11) is 1.49. The number of benzene rings is 2. The van der Waals surface area contributed by atoms with E-state index in [1.807, 2.05) is 19.9 Å². The zero-order chi connectivity index (χ0) is 24.5. The zero-order valence-electron chi connectivity index (χ0n) is 19.5. The van der Waals surface area contributed by atoms with Gasteiger partial charge in [-0.2, -0.15) is 0 Å². The summed E-state index contributed by atoms with van der Waals surface area (Å²) in [6, 6.07) is 11.8. The summed E-state index contributed by atoms with van der Waals surface area (Å²) < 4.78 is 27.6. The number of fused-ring (bicyclic) bond motifs is 2. The number of ether oxygens (including phenoxy) is 4. The highest BCUT2D eigenvalue weighted by molar-refractivity contribution is 5.79. The summed E-state index contributed by atoms with van der Waals surface area (Å²) in [5.41, 5.74) is 0.993. The van der Waals surface area contributed by atoms with E-state index in [0.29, 0.717) is 35.7 Å². The van der Waals surface area contributed by atoms with Crippen LogP contribution in [0.1, 0.15) is 38.3 Å². The van der Waals surface area contributed by atoms with Gasteiger partial charge in [0.15, 0.2) is 11.5 Å². The summed E-state index contributed by atoms with van der Waals surface area (Å²) in [4.78, 5) is 35.4. The average Bonchev–Trinajstić information content (AvgIpc) is 2.77. The Labute approximate surface area is 196 Å². The van der Waals surface area contributed by atoms with Gasteiger partial charge in [0.05, 0.1) is 7.11 Å². The SMILES string of the molecule is COc1cc(CCC(=O)O[C@H]2Cc3cc4ccc(=O)oc4cc3OC2(C)C)ccc1OC(C)=O. The van der Waals surface area contributed by atoms with Crippen molar-refractivity contribution >= 4 is 22.9 Å². The zero-order valence-corrected chi connectivity index (χ0v) is 19.5. The predicted molar refractivity (Wildman–Crippen MR) is 123 cm³/mol. The van der Waals surface area contributed by atoms with E-state index in [4.69, 9.17) is 23.4 Å². The predicted octanol–water partition coefficient (Wildman–Crippen LogP) is 3.99.